The van der Waals surface area contributed by atoms with E-state index in [1.54, 1.807) is 42.0 Å². The van der Waals surface area contributed by atoms with Crippen LogP contribution in [0.5, 0.6) is 0 Å². The predicted octanol–water partition coefficient (Wildman–Crippen LogP) is 4.14. The van der Waals surface area contributed by atoms with Crippen LogP contribution in [0.2, 0.25) is 0 Å². The normalized spacial score (nSPS) is 11.1. The van der Waals surface area contributed by atoms with Crippen LogP contribution in [0.1, 0.15) is 41.6 Å². The highest BCUT2D eigenvalue weighted by atomic mass is 19.1. The van der Waals surface area contributed by atoms with E-state index in [-0.39, 0.29) is 11.6 Å². The number of aromatic nitrogens is 5. The fourth-order valence-electron chi connectivity index (χ4n) is 2.77. The second kappa shape index (κ2) is 7.86. The van der Waals surface area contributed by atoms with Gasteiger partial charge in [-0.05, 0) is 36.8 Å². The smallest absolute Gasteiger partial charge is 0.275 e. The van der Waals surface area contributed by atoms with Gasteiger partial charge >= 0.3 is 0 Å². The van der Waals surface area contributed by atoms with Crippen molar-refractivity contribution in [2.45, 2.75) is 26.7 Å². The van der Waals surface area contributed by atoms with Gasteiger partial charge < -0.3 is 9.84 Å². The van der Waals surface area contributed by atoms with Crippen molar-refractivity contribution in [3.63, 3.8) is 0 Å². The molecule has 3 heterocycles. The number of carbonyl (C=O) groups excluding carboxylic acids is 1. The summed E-state index contributed by atoms with van der Waals surface area (Å²) in [6.07, 6.45) is 4.62. The molecule has 0 atom stereocenters. The number of amides is 1. The van der Waals surface area contributed by atoms with Crippen molar-refractivity contribution < 1.29 is 13.7 Å². The Morgan fingerprint density at radius 2 is 2.07 bits per heavy atom. The van der Waals surface area contributed by atoms with E-state index in [9.17, 15) is 9.18 Å². The van der Waals surface area contributed by atoms with Crippen LogP contribution < -0.4 is 5.32 Å². The summed E-state index contributed by atoms with van der Waals surface area (Å²) in [6, 6.07) is 8.05. The van der Waals surface area contributed by atoms with Crippen LogP contribution >= 0.6 is 0 Å². The zero-order chi connectivity index (χ0) is 21.3. The van der Waals surface area contributed by atoms with Crippen molar-refractivity contribution in [2.24, 2.45) is 0 Å². The molecule has 0 fully saturated rings. The number of aryl methyl sites for hydroxylation is 1. The predicted molar refractivity (Wildman–Crippen MR) is 108 cm³/mol. The summed E-state index contributed by atoms with van der Waals surface area (Å²) in [5.74, 6) is 0.681. The van der Waals surface area contributed by atoms with Crippen LogP contribution in [0.4, 0.5) is 10.1 Å². The number of carbonyl (C=O) groups is 1. The Labute approximate surface area is 171 Å². The van der Waals surface area contributed by atoms with Crippen molar-refractivity contribution in [1.29, 1.82) is 0 Å². The monoisotopic (exact) mass is 406 g/mol. The molecule has 0 saturated carbocycles. The summed E-state index contributed by atoms with van der Waals surface area (Å²) in [5.41, 5.74) is 1.62. The molecule has 0 aliphatic rings. The Hall–Kier alpha value is -3.88. The molecule has 1 N–H and O–H groups in total. The number of nitrogens with zero attached hydrogens (tertiary/aromatic N) is 5. The Morgan fingerprint density at radius 1 is 1.23 bits per heavy atom. The third kappa shape index (κ3) is 3.82. The molecule has 1 aromatic carbocycles. The molecule has 0 aliphatic carbocycles. The number of hydrogen-bond donors (Lipinski definition) is 1. The highest BCUT2D eigenvalue weighted by Gasteiger charge is 2.18. The number of rotatable bonds is 5. The molecule has 9 heteroatoms. The van der Waals surface area contributed by atoms with Crippen LogP contribution in [0.25, 0.3) is 17.3 Å². The summed E-state index contributed by atoms with van der Waals surface area (Å²) < 4.78 is 20.7. The molecule has 4 aromatic rings. The van der Waals surface area contributed by atoms with Crippen molar-refractivity contribution in [2.75, 3.05) is 5.32 Å². The van der Waals surface area contributed by atoms with Gasteiger partial charge in [-0.15, -0.1) is 0 Å². The molecule has 0 bridgehead atoms. The first-order valence-corrected chi connectivity index (χ1v) is 9.33. The SMILES string of the molecule is Cc1ccc(NC(=O)c2cn(-c3ncccc3-c3nc(C(C)C)no3)cn2)cc1F. The fraction of sp³-hybridized carbons (Fsp3) is 0.190. The first-order valence-electron chi connectivity index (χ1n) is 9.33. The van der Waals surface area contributed by atoms with Gasteiger partial charge in [0.25, 0.3) is 11.8 Å². The maximum absolute atomic E-state index is 13.7. The van der Waals surface area contributed by atoms with E-state index in [4.69, 9.17) is 4.52 Å². The summed E-state index contributed by atoms with van der Waals surface area (Å²) in [7, 11) is 0. The number of anilines is 1. The first kappa shape index (κ1) is 19.4. The summed E-state index contributed by atoms with van der Waals surface area (Å²) in [6.45, 7) is 5.60. The molecule has 0 saturated heterocycles. The van der Waals surface area contributed by atoms with E-state index < -0.39 is 11.7 Å². The summed E-state index contributed by atoms with van der Waals surface area (Å²) >= 11 is 0. The van der Waals surface area contributed by atoms with Crippen molar-refractivity contribution >= 4 is 11.6 Å². The zero-order valence-corrected chi connectivity index (χ0v) is 16.6. The number of halogens is 1. The number of nitrogens with one attached hydrogen (secondary N) is 1. The molecule has 3 aromatic heterocycles. The van der Waals surface area contributed by atoms with E-state index in [0.717, 1.165) is 0 Å². The molecule has 8 nitrogen and oxygen atoms in total. The largest absolute Gasteiger partial charge is 0.334 e. The van der Waals surface area contributed by atoms with Crippen LogP contribution in [0.15, 0.2) is 53.6 Å². The van der Waals surface area contributed by atoms with E-state index in [0.29, 0.717) is 34.3 Å². The fourth-order valence-corrected chi connectivity index (χ4v) is 2.77. The second-order valence-corrected chi connectivity index (χ2v) is 7.07. The Morgan fingerprint density at radius 3 is 2.80 bits per heavy atom. The molecule has 0 radical (unpaired) electrons. The Kier molecular flexibility index (Phi) is 5.09. The number of imidazole rings is 1. The Balaban J connectivity index is 1.61. The standard InChI is InChI=1S/C21H19FN6O2/c1-12(2)18-26-21(30-27-18)15-5-4-8-23-19(15)28-10-17(24-11-28)20(29)25-14-7-6-13(3)16(22)9-14/h4-12H,1-3H3,(H,25,29). The van der Waals surface area contributed by atoms with E-state index in [1.165, 1.54) is 18.6 Å². The zero-order valence-electron chi connectivity index (χ0n) is 16.6. The van der Waals surface area contributed by atoms with Gasteiger partial charge in [-0.25, -0.2) is 14.4 Å². The number of benzene rings is 1. The van der Waals surface area contributed by atoms with Gasteiger partial charge in [0.2, 0.25) is 0 Å². The lowest BCUT2D eigenvalue weighted by atomic mass is 10.2. The van der Waals surface area contributed by atoms with Crippen LogP contribution in [0.3, 0.4) is 0 Å². The molecule has 4 rings (SSSR count). The molecule has 0 unspecified atom stereocenters. The minimum Gasteiger partial charge on any atom is -0.334 e. The average Bonchev–Trinajstić information content (AvgIpc) is 3.41. The van der Waals surface area contributed by atoms with Gasteiger partial charge in [-0.1, -0.05) is 25.1 Å². The van der Waals surface area contributed by atoms with Crippen LogP contribution in [-0.2, 0) is 0 Å². The van der Waals surface area contributed by atoms with Crippen molar-refractivity contribution in [1.82, 2.24) is 24.7 Å². The minimum absolute atomic E-state index is 0.123. The maximum atomic E-state index is 13.7. The Bertz CT molecular complexity index is 1210. The highest BCUT2D eigenvalue weighted by molar-refractivity contribution is 6.02. The van der Waals surface area contributed by atoms with Gasteiger partial charge in [0.05, 0.1) is 5.56 Å². The molecule has 30 heavy (non-hydrogen) atoms. The molecular formula is C21H19FN6O2. The second-order valence-electron chi connectivity index (χ2n) is 7.07. The quantitative estimate of drug-likeness (QED) is 0.535. The van der Waals surface area contributed by atoms with Crippen molar-refractivity contribution in [3.8, 4) is 17.3 Å². The third-order valence-electron chi connectivity index (χ3n) is 4.46. The molecule has 0 aliphatic heterocycles. The molecule has 0 spiro atoms. The van der Waals surface area contributed by atoms with Gasteiger partial charge in [-0.3, -0.25) is 9.36 Å². The van der Waals surface area contributed by atoms with E-state index in [1.807, 2.05) is 13.8 Å². The summed E-state index contributed by atoms with van der Waals surface area (Å²) in [5, 5.41) is 6.62. The van der Waals surface area contributed by atoms with Gasteiger partial charge in [0.1, 0.15) is 17.8 Å². The van der Waals surface area contributed by atoms with Crippen LogP contribution in [0, 0.1) is 12.7 Å². The van der Waals surface area contributed by atoms with E-state index >= 15 is 0 Å². The molecular weight excluding hydrogens is 387 g/mol. The van der Waals surface area contributed by atoms with Gasteiger partial charge in [0.15, 0.2) is 11.6 Å². The highest BCUT2D eigenvalue weighted by Crippen LogP contribution is 2.25. The lowest BCUT2D eigenvalue weighted by molar-refractivity contribution is 0.102. The maximum Gasteiger partial charge on any atom is 0.275 e. The third-order valence-corrected chi connectivity index (χ3v) is 4.46. The van der Waals surface area contributed by atoms with Crippen LogP contribution in [-0.4, -0.2) is 30.6 Å². The van der Waals surface area contributed by atoms with Gasteiger partial charge in [-0.2, -0.15) is 4.98 Å². The minimum atomic E-state index is -0.464. The summed E-state index contributed by atoms with van der Waals surface area (Å²) in [4.78, 5) is 25.4. The molecule has 152 valence electrons. The number of hydrogen-bond acceptors (Lipinski definition) is 6. The molecule has 1 amide bonds. The first-order chi connectivity index (χ1) is 14.4. The van der Waals surface area contributed by atoms with Gasteiger partial charge in [0, 0.05) is 24.0 Å². The lowest BCUT2D eigenvalue weighted by Crippen LogP contribution is -2.12. The lowest BCUT2D eigenvalue weighted by Gasteiger charge is -2.05. The van der Waals surface area contributed by atoms with Crippen molar-refractivity contribution in [3.05, 3.63) is 72.0 Å². The average molecular weight is 406 g/mol. The topological polar surface area (TPSA) is 98.7 Å². The van der Waals surface area contributed by atoms with E-state index in [2.05, 4.69) is 25.4 Å². The number of pyridine rings is 1.